The number of hydrogen-bond acceptors (Lipinski definition) is 6. The minimum Gasteiger partial charge on any atom is -0.497 e. The van der Waals surface area contributed by atoms with Crippen molar-refractivity contribution in [1.29, 1.82) is 0 Å². The zero-order valence-corrected chi connectivity index (χ0v) is 15.9. The summed E-state index contributed by atoms with van der Waals surface area (Å²) in [6, 6.07) is 6.41. The second-order valence-electron chi connectivity index (χ2n) is 6.30. The van der Waals surface area contributed by atoms with Crippen LogP contribution in [0.4, 0.5) is 5.69 Å². The molecule has 2 rings (SSSR count). The van der Waals surface area contributed by atoms with Crippen molar-refractivity contribution in [2.75, 3.05) is 25.2 Å². The predicted molar refractivity (Wildman–Crippen MR) is 99.4 cm³/mol. The maximum Gasteiger partial charge on any atom is 0.340 e. The van der Waals surface area contributed by atoms with Crippen LogP contribution in [0.3, 0.4) is 0 Å². The summed E-state index contributed by atoms with van der Waals surface area (Å²) in [6.45, 7) is 3.91. The van der Waals surface area contributed by atoms with Crippen molar-refractivity contribution >= 4 is 17.6 Å². The number of methoxy groups -OCH3 is 1. The fourth-order valence-electron chi connectivity index (χ4n) is 3.45. The normalized spacial score (nSPS) is 14.8. The van der Waals surface area contributed by atoms with Gasteiger partial charge in [-0.1, -0.05) is 19.3 Å². The van der Waals surface area contributed by atoms with E-state index in [0.29, 0.717) is 0 Å². The minimum absolute atomic E-state index is 0.0935. The number of hydrogen-bond donors (Lipinski definition) is 0. The third kappa shape index (κ3) is 4.90. The first-order valence-corrected chi connectivity index (χ1v) is 9.38. The molecule has 0 saturated heterocycles. The molecule has 0 bridgehead atoms. The molecule has 1 fully saturated rings. The third-order valence-electron chi connectivity index (χ3n) is 4.64. The van der Waals surface area contributed by atoms with Crippen LogP contribution in [-0.2, 0) is 19.1 Å². The lowest BCUT2D eigenvalue weighted by Crippen LogP contribution is -2.54. The molecule has 0 atom stereocenters. The fraction of sp³-hybridized carbons (Fsp3) is 0.600. The van der Waals surface area contributed by atoms with E-state index in [1.54, 1.807) is 21.0 Å². The van der Waals surface area contributed by atoms with Gasteiger partial charge in [0.1, 0.15) is 5.75 Å². The van der Waals surface area contributed by atoms with Gasteiger partial charge in [-0.2, -0.15) is 0 Å². The van der Waals surface area contributed by atoms with Gasteiger partial charge in [-0.25, -0.2) is 9.59 Å². The molecule has 1 aromatic rings. The Hall–Kier alpha value is -2.24. The van der Waals surface area contributed by atoms with Crippen LogP contribution in [0.1, 0.15) is 46.0 Å². The van der Waals surface area contributed by atoms with E-state index < -0.39 is 18.0 Å². The van der Waals surface area contributed by atoms with Crippen LogP contribution < -0.4 is 9.64 Å². The van der Waals surface area contributed by atoms with E-state index in [2.05, 4.69) is 0 Å². The van der Waals surface area contributed by atoms with Crippen LogP contribution in [0.15, 0.2) is 24.3 Å². The molecular weight excluding hydrogens is 334 g/mol. The molecule has 0 spiro atoms. The summed E-state index contributed by atoms with van der Waals surface area (Å²) in [5, 5.41) is 0. The largest absolute Gasteiger partial charge is 0.497 e. The zero-order chi connectivity index (χ0) is 18.9. The Balaban J connectivity index is 2.42. The van der Waals surface area contributed by atoms with Gasteiger partial charge < -0.3 is 19.1 Å². The number of esters is 2. The predicted octanol–water partition coefficient (Wildman–Crippen LogP) is 3.33. The van der Waals surface area contributed by atoms with Gasteiger partial charge in [-0.3, -0.25) is 0 Å². The van der Waals surface area contributed by atoms with E-state index in [-0.39, 0.29) is 19.3 Å². The number of rotatable bonds is 8. The Labute approximate surface area is 155 Å². The van der Waals surface area contributed by atoms with Crippen LogP contribution in [0.2, 0.25) is 0 Å². The molecule has 6 heteroatoms. The number of carbonyl (C=O) groups excluding carboxylic acids is 2. The molecule has 0 amide bonds. The average Bonchev–Trinajstić information content (AvgIpc) is 2.67. The number of anilines is 1. The van der Waals surface area contributed by atoms with Gasteiger partial charge in [0.15, 0.2) is 0 Å². The molecule has 144 valence electrons. The summed E-state index contributed by atoms with van der Waals surface area (Å²) in [5.41, 5.74) is 0.795. The number of nitrogens with zero attached hydrogens (tertiary/aromatic N) is 1. The van der Waals surface area contributed by atoms with Gasteiger partial charge in [0.2, 0.25) is 6.04 Å². The quantitative estimate of drug-likeness (QED) is 0.521. The first-order chi connectivity index (χ1) is 12.6. The van der Waals surface area contributed by atoms with Crippen molar-refractivity contribution in [1.82, 2.24) is 0 Å². The first kappa shape index (κ1) is 20.1. The lowest BCUT2D eigenvalue weighted by atomic mass is 9.92. The van der Waals surface area contributed by atoms with Gasteiger partial charge in [0.25, 0.3) is 0 Å². The van der Waals surface area contributed by atoms with Crippen LogP contribution in [0, 0.1) is 0 Å². The van der Waals surface area contributed by atoms with Crippen LogP contribution in [-0.4, -0.2) is 44.3 Å². The van der Waals surface area contributed by atoms with Crippen molar-refractivity contribution in [2.45, 2.75) is 58.0 Å². The molecule has 0 aliphatic heterocycles. The molecule has 1 aromatic carbocycles. The molecule has 0 radical (unpaired) electrons. The van der Waals surface area contributed by atoms with Gasteiger partial charge >= 0.3 is 11.9 Å². The maximum absolute atomic E-state index is 12.7. The number of benzene rings is 1. The average molecular weight is 363 g/mol. The summed E-state index contributed by atoms with van der Waals surface area (Å²) < 4.78 is 15.6. The van der Waals surface area contributed by atoms with Crippen LogP contribution in [0.25, 0.3) is 0 Å². The second kappa shape index (κ2) is 10.0. The van der Waals surface area contributed by atoms with E-state index in [1.165, 1.54) is 6.42 Å². The summed E-state index contributed by atoms with van der Waals surface area (Å²) in [4.78, 5) is 27.2. The fourth-order valence-corrected chi connectivity index (χ4v) is 3.45. The lowest BCUT2D eigenvalue weighted by Gasteiger charge is -2.39. The van der Waals surface area contributed by atoms with Crippen molar-refractivity contribution in [3.05, 3.63) is 24.3 Å². The van der Waals surface area contributed by atoms with Crippen molar-refractivity contribution in [2.24, 2.45) is 0 Å². The maximum atomic E-state index is 12.7. The van der Waals surface area contributed by atoms with Gasteiger partial charge in [0, 0.05) is 11.7 Å². The molecule has 1 saturated carbocycles. The molecule has 0 heterocycles. The zero-order valence-electron chi connectivity index (χ0n) is 15.9. The molecule has 0 unspecified atom stereocenters. The molecule has 26 heavy (non-hydrogen) atoms. The van der Waals surface area contributed by atoms with E-state index in [9.17, 15) is 9.59 Å². The molecule has 1 aliphatic rings. The first-order valence-electron chi connectivity index (χ1n) is 9.38. The Bertz CT molecular complexity index is 562. The highest BCUT2D eigenvalue weighted by Gasteiger charge is 2.40. The van der Waals surface area contributed by atoms with Crippen molar-refractivity contribution in [3.63, 3.8) is 0 Å². The van der Waals surface area contributed by atoms with E-state index in [0.717, 1.165) is 37.1 Å². The molecule has 1 aliphatic carbocycles. The highest BCUT2D eigenvalue weighted by molar-refractivity contribution is 6.02. The van der Waals surface area contributed by atoms with Gasteiger partial charge in [-0.15, -0.1) is 0 Å². The standard InChI is InChI=1S/C20H29NO5/c1-4-25-19(22)18(20(23)26-5-2)21(15-9-7-6-8-10-15)16-11-13-17(24-3)14-12-16/h11-15,18H,4-10H2,1-3H3. The Morgan fingerprint density at radius 3 is 2.00 bits per heavy atom. The van der Waals surface area contributed by atoms with Crippen molar-refractivity contribution < 1.29 is 23.8 Å². The number of ether oxygens (including phenoxy) is 3. The molecule has 0 N–H and O–H groups in total. The van der Waals surface area contributed by atoms with Crippen LogP contribution in [0.5, 0.6) is 5.75 Å². The third-order valence-corrected chi connectivity index (χ3v) is 4.64. The summed E-state index contributed by atoms with van der Waals surface area (Å²) in [5.74, 6) is -0.402. The lowest BCUT2D eigenvalue weighted by molar-refractivity contribution is -0.156. The summed E-state index contributed by atoms with van der Waals surface area (Å²) >= 11 is 0. The van der Waals surface area contributed by atoms with E-state index in [1.807, 2.05) is 29.2 Å². The minimum atomic E-state index is -1.09. The number of carbonyl (C=O) groups is 2. The SMILES string of the molecule is CCOC(=O)C(C(=O)OCC)N(c1ccc(OC)cc1)C1CCCCC1. The highest BCUT2D eigenvalue weighted by atomic mass is 16.6. The van der Waals surface area contributed by atoms with Gasteiger partial charge in [0.05, 0.1) is 20.3 Å². The monoisotopic (exact) mass is 363 g/mol. The highest BCUT2D eigenvalue weighted by Crippen LogP contribution is 2.31. The second-order valence-corrected chi connectivity index (χ2v) is 6.30. The molecule has 0 aromatic heterocycles. The van der Waals surface area contributed by atoms with Crippen molar-refractivity contribution in [3.8, 4) is 5.75 Å². The Morgan fingerprint density at radius 2 is 1.54 bits per heavy atom. The van der Waals surface area contributed by atoms with Crippen LogP contribution >= 0.6 is 0 Å². The summed E-state index contributed by atoms with van der Waals surface area (Å²) in [6.07, 6.45) is 5.20. The molecule has 6 nitrogen and oxygen atoms in total. The molecular formula is C20H29NO5. The van der Waals surface area contributed by atoms with E-state index in [4.69, 9.17) is 14.2 Å². The van der Waals surface area contributed by atoms with E-state index >= 15 is 0 Å². The van der Waals surface area contributed by atoms with Gasteiger partial charge in [-0.05, 0) is 51.0 Å². The Kier molecular flexibility index (Phi) is 7.75. The smallest absolute Gasteiger partial charge is 0.340 e. The topological polar surface area (TPSA) is 65.1 Å². The Morgan fingerprint density at radius 1 is 1.00 bits per heavy atom. The summed E-state index contributed by atoms with van der Waals surface area (Å²) in [7, 11) is 1.61.